The molecule has 2 aromatic heterocycles. The highest BCUT2D eigenvalue weighted by atomic mass is 32.2. The maximum absolute atomic E-state index is 13.2. The fraction of sp³-hybridized carbons (Fsp3) is 0.318. The van der Waals surface area contributed by atoms with Crippen molar-refractivity contribution in [3.63, 3.8) is 0 Å². The van der Waals surface area contributed by atoms with Crippen molar-refractivity contribution >= 4 is 32.8 Å². The van der Waals surface area contributed by atoms with Crippen LogP contribution in [0, 0.1) is 11.8 Å². The fourth-order valence-electron chi connectivity index (χ4n) is 3.96. The number of carbonyl (C=O) groups excluding carboxylic acids is 1. The molecule has 4 rings (SSSR count). The van der Waals surface area contributed by atoms with Gasteiger partial charge in [-0.2, -0.15) is 0 Å². The number of aliphatic hydroxyl groups excluding tert-OH is 1. The lowest BCUT2D eigenvalue weighted by atomic mass is 10.00. The minimum atomic E-state index is -3.69. The number of sulfone groups is 1. The Morgan fingerprint density at radius 2 is 2.00 bits per heavy atom. The van der Waals surface area contributed by atoms with Crippen LogP contribution < -0.4 is 5.32 Å². The third kappa shape index (κ3) is 4.39. The summed E-state index contributed by atoms with van der Waals surface area (Å²) in [6.45, 7) is 2.25. The zero-order valence-corrected chi connectivity index (χ0v) is 18.6. The van der Waals surface area contributed by atoms with Gasteiger partial charge in [-0.15, -0.1) is 11.3 Å². The minimum absolute atomic E-state index is 0.0915. The monoisotopic (exact) mass is 457 g/mol. The van der Waals surface area contributed by atoms with Crippen LogP contribution in [0.3, 0.4) is 0 Å². The summed E-state index contributed by atoms with van der Waals surface area (Å²) in [5, 5.41) is 14.3. The van der Waals surface area contributed by atoms with Gasteiger partial charge in [0.25, 0.3) is 0 Å². The first kappa shape index (κ1) is 21.6. The molecule has 0 radical (unpaired) electrons. The Kier molecular flexibility index (Phi) is 6.17. The Bertz CT molecular complexity index is 1180. The van der Waals surface area contributed by atoms with Crippen molar-refractivity contribution in [2.75, 3.05) is 11.9 Å². The van der Waals surface area contributed by atoms with Crippen LogP contribution >= 0.6 is 11.3 Å². The topological polar surface area (TPSA) is 109 Å². The van der Waals surface area contributed by atoms with Crippen molar-refractivity contribution in [3.05, 3.63) is 64.7 Å². The summed E-state index contributed by atoms with van der Waals surface area (Å²) in [6.07, 6.45) is 4.50. The van der Waals surface area contributed by atoms with Gasteiger partial charge >= 0.3 is 0 Å². The zero-order chi connectivity index (χ0) is 22.0. The maximum Gasteiger partial charge on any atom is 0.208 e. The number of hydrogen-bond acceptors (Lipinski definition) is 8. The molecule has 2 heterocycles. The largest absolute Gasteiger partial charge is 0.396 e. The molecule has 7 nitrogen and oxygen atoms in total. The number of anilines is 1. The van der Waals surface area contributed by atoms with E-state index in [0.29, 0.717) is 22.2 Å². The van der Waals surface area contributed by atoms with Gasteiger partial charge in [-0.3, -0.25) is 4.79 Å². The molecule has 0 spiro atoms. The molecule has 0 amide bonds. The third-order valence-corrected chi connectivity index (χ3v) is 8.57. The van der Waals surface area contributed by atoms with E-state index in [1.165, 1.54) is 36.1 Å². The molecule has 0 aliphatic heterocycles. The smallest absolute Gasteiger partial charge is 0.208 e. The van der Waals surface area contributed by atoms with E-state index in [0.717, 1.165) is 24.2 Å². The molecular weight excluding hydrogens is 434 g/mol. The Hall–Kier alpha value is -2.62. The minimum Gasteiger partial charge on any atom is -0.396 e. The van der Waals surface area contributed by atoms with Gasteiger partial charge in [0.2, 0.25) is 15.6 Å². The molecule has 1 saturated carbocycles. The van der Waals surface area contributed by atoms with Crippen LogP contribution in [0.25, 0.3) is 0 Å². The number of thiophene rings is 1. The second-order valence-corrected chi connectivity index (χ2v) is 10.7. The number of nitrogens with one attached hydrogen (secondary N) is 1. The summed E-state index contributed by atoms with van der Waals surface area (Å²) in [7, 11) is -3.69. The molecule has 31 heavy (non-hydrogen) atoms. The highest BCUT2D eigenvalue weighted by molar-refractivity contribution is 7.91. The Labute approximate surface area is 185 Å². The lowest BCUT2D eigenvalue weighted by Gasteiger charge is -2.15. The normalized spacial score (nSPS) is 21.2. The Morgan fingerprint density at radius 1 is 1.23 bits per heavy atom. The van der Waals surface area contributed by atoms with Gasteiger partial charge < -0.3 is 10.4 Å². The van der Waals surface area contributed by atoms with E-state index in [4.69, 9.17) is 0 Å². The average Bonchev–Trinajstić information content (AvgIpc) is 3.41. The van der Waals surface area contributed by atoms with Crippen LogP contribution in [-0.4, -0.2) is 41.9 Å². The van der Waals surface area contributed by atoms with Gasteiger partial charge in [0.05, 0.1) is 20.2 Å². The van der Waals surface area contributed by atoms with Crippen LogP contribution in [0.2, 0.25) is 0 Å². The van der Waals surface area contributed by atoms with Gasteiger partial charge in [0, 0.05) is 24.2 Å². The number of nitrogens with zero attached hydrogens (tertiary/aromatic N) is 2. The SMILES string of the molecule is C[C@H]1C[C@H](Nc2ncncc2C(=O)c2cc(S(=O)(=O)c3ccccc3)cs2)C[C@@H]1CO. The standard InChI is InChI=1S/C22H23N3O4S2/c1-14-7-16(8-15(14)11-26)25-22-19(10-23-13-24-22)21(27)20-9-18(12-30-20)31(28,29)17-5-3-2-4-6-17/h2-6,9-10,12-16,26H,7-8,11H2,1H3,(H,23,24,25)/t14-,15+,16-/m0/s1. The lowest BCUT2D eigenvalue weighted by molar-refractivity contribution is 0.104. The first-order valence-corrected chi connectivity index (χ1v) is 12.4. The van der Waals surface area contributed by atoms with E-state index in [2.05, 4.69) is 22.2 Å². The highest BCUT2D eigenvalue weighted by Crippen LogP contribution is 2.34. The molecule has 2 N–H and O–H groups in total. The van der Waals surface area contributed by atoms with E-state index >= 15 is 0 Å². The number of ketones is 1. The molecule has 3 atom stereocenters. The molecule has 1 aromatic carbocycles. The van der Waals surface area contributed by atoms with Crippen molar-refractivity contribution in [1.29, 1.82) is 0 Å². The third-order valence-electron chi connectivity index (χ3n) is 5.74. The number of aliphatic hydroxyl groups is 1. The zero-order valence-electron chi connectivity index (χ0n) is 16.9. The van der Waals surface area contributed by atoms with Crippen LogP contribution in [0.4, 0.5) is 5.82 Å². The average molecular weight is 458 g/mol. The van der Waals surface area contributed by atoms with Crippen LogP contribution in [0.1, 0.15) is 35.0 Å². The second kappa shape index (κ2) is 8.86. The van der Waals surface area contributed by atoms with Gasteiger partial charge in [-0.05, 0) is 42.9 Å². The van der Waals surface area contributed by atoms with Crippen molar-refractivity contribution in [3.8, 4) is 0 Å². The molecule has 1 fully saturated rings. The predicted octanol–water partition coefficient (Wildman–Crippen LogP) is 3.42. The Morgan fingerprint density at radius 3 is 2.71 bits per heavy atom. The van der Waals surface area contributed by atoms with E-state index in [1.807, 2.05) is 0 Å². The van der Waals surface area contributed by atoms with E-state index in [1.54, 1.807) is 18.2 Å². The molecule has 3 aromatic rings. The summed E-state index contributed by atoms with van der Waals surface area (Å²) in [6, 6.07) is 9.65. The molecule has 0 unspecified atom stereocenters. The Balaban J connectivity index is 1.58. The first-order chi connectivity index (χ1) is 14.9. The molecule has 1 aliphatic carbocycles. The summed E-state index contributed by atoms with van der Waals surface area (Å²) < 4.78 is 25.7. The van der Waals surface area contributed by atoms with Gasteiger partial charge in [0.15, 0.2) is 0 Å². The number of benzene rings is 1. The number of rotatable bonds is 7. The highest BCUT2D eigenvalue weighted by Gasteiger charge is 2.32. The number of aromatic nitrogens is 2. The quantitative estimate of drug-likeness (QED) is 0.523. The molecule has 162 valence electrons. The van der Waals surface area contributed by atoms with Crippen LogP contribution in [0.15, 0.2) is 64.1 Å². The molecule has 0 bridgehead atoms. The fourth-order valence-corrected chi connectivity index (χ4v) is 6.47. The van der Waals surface area contributed by atoms with Crippen molar-refractivity contribution < 1.29 is 18.3 Å². The van der Waals surface area contributed by atoms with Crippen molar-refractivity contribution in [1.82, 2.24) is 9.97 Å². The first-order valence-electron chi connectivity index (χ1n) is 10.0. The maximum atomic E-state index is 13.2. The van der Waals surface area contributed by atoms with Gasteiger partial charge in [-0.1, -0.05) is 25.1 Å². The summed E-state index contributed by atoms with van der Waals surface area (Å²) in [5.74, 6) is 0.706. The van der Waals surface area contributed by atoms with E-state index in [9.17, 15) is 18.3 Å². The lowest BCUT2D eigenvalue weighted by Crippen LogP contribution is -2.19. The number of carbonyl (C=O) groups is 1. The van der Waals surface area contributed by atoms with E-state index in [-0.39, 0.29) is 34.1 Å². The summed E-state index contributed by atoms with van der Waals surface area (Å²) >= 11 is 1.08. The van der Waals surface area contributed by atoms with Gasteiger partial charge in [-0.25, -0.2) is 18.4 Å². The van der Waals surface area contributed by atoms with Crippen LogP contribution in [0.5, 0.6) is 0 Å². The molecule has 1 aliphatic rings. The van der Waals surface area contributed by atoms with Crippen molar-refractivity contribution in [2.24, 2.45) is 11.8 Å². The van der Waals surface area contributed by atoms with E-state index < -0.39 is 9.84 Å². The molecule has 9 heteroatoms. The predicted molar refractivity (Wildman–Crippen MR) is 118 cm³/mol. The summed E-state index contributed by atoms with van der Waals surface area (Å²) in [5.41, 5.74) is 0.299. The summed E-state index contributed by atoms with van der Waals surface area (Å²) in [4.78, 5) is 22.0. The second-order valence-electron chi connectivity index (χ2n) is 7.81. The van der Waals surface area contributed by atoms with Crippen molar-refractivity contribution in [2.45, 2.75) is 35.6 Å². The molecule has 0 saturated heterocycles. The number of hydrogen-bond donors (Lipinski definition) is 2. The van der Waals surface area contributed by atoms with Gasteiger partial charge in [0.1, 0.15) is 12.1 Å². The molecular formula is C22H23N3O4S2. The van der Waals surface area contributed by atoms with Crippen LogP contribution in [-0.2, 0) is 9.84 Å².